The Balaban J connectivity index is 1.58. The third-order valence-corrected chi connectivity index (χ3v) is 8.16. The summed E-state index contributed by atoms with van der Waals surface area (Å²) in [6.07, 6.45) is 1.66. The van der Waals surface area contributed by atoms with Gasteiger partial charge in [0.1, 0.15) is 5.54 Å². The van der Waals surface area contributed by atoms with Crippen molar-refractivity contribution < 1.29 is 14.4 Å². The quantitative estimate of drug-likeness (QED) is 0.626. The topological polar surface area (TPSA) is 60.9 Å². The zero-order valence-electron chi connectivity index (χ0n) is 17.4. The van der Waals surface area contributed by atoms with Crippen LogP contribution in [-0.4, -0.2) is 41.8 Å². The first-order chi connectivity index (χ1) is 15.4. The normalized spacial score (nSPS) is 31.1. The largest absolute Gasteiger partial charge is 0.310 e. The van der Waals surface area contributed by atoms with Gasteiger partial charge in [-0.1, -0.05) is 41.4 Å². The van der Waals surface area contributed by atoms with Crippen LogP contribution in [0, 0.1) is 11.8 Å². The Kier molecular flexibility index (Phi) is 4.29. The van der Waals surface area contributed by atoms with E-state index in [1.165, 1.54) is 4.90 Å². The molecular formula is C24H21Cl2N3O3. The zero-order valence-corrected chi connectivity index (χ0v) is 18.9. The van der Waals surface area contributed by atoms with Gasteiger partial charge < -0.3 is 4.90 Å². The molecule has 0 unspecified atom stereocenters. The fourth-order valence-corrected chi connectivity index (χ4v) is 6.92. The number of fused-ring (bicyclic) bond motifs is 7. The number of anilines is 2. The third kappa shape index (κ3) is 2.23. The van der Waals surface area contributed by atoms with Crippen molar-refractivity contribution in [2.45, 2.75) is 31.3 Å². The number of para-hydroxylation sites is 1. The van der Waals surface area contributed by atoms with E-state index in [1.54, 1.807) is 23.1 Å². The lowest BCUT2D eigenvalue weighted by molar-refractivity contribution is -0.137. The van der Waals surface area contributed by atoms with E-state index < -0.39 is 17.4 Å². The van der Waals surface area contributed by atoms with Gasteiger partial charge in [0.15, 0.2) is 0 Å². The van der Waals surface area contributed by atoms with Crippen LogP contribution in [-0.2, 0) is 19.9 Å². The predicted octanol–water partition coefficient (Wildman–Crippen LogP) is 3.84. The molecule has 2 aromatic rings. The molecule has 0 N–H and O–H groups in total. The summed E-state index contributed by atoms with van der Waals surface area (Å²) in [6, 6.07) is 12.3. The molecule has 3 fully saturated rings. The molecule has 2 aromatic carbocycles. The number of hydrogen-bond donors (Lipinski definition) is 0. The number of hydrogen-bond acceptors (Lipinski definition) is 4. The molecule has 164 valence electrons. The van der Waals surface area contributed by atoms with Crippen LogP contribution in [0.4, 0.5) is 11.4 Å². The number of carbonyl (C=O) groups excluding carboxylic acids is 3. The van der Waals surface area contributed by atoms with Gasteiger partial charge >= 0.3 is 0 Å². The molecule has 1 spiro atoms. The van der Waals surface area contributed by atoms with Gasteiger partial charge in [-0.3, -0.25) is 19.3 Å². The molecule has 8 heteroatoms. The van der Waals surface area contributed by atoms with Crippen LogP contribution in [0.25, 0.3) is 0 Å². The number of imide groups is 1. The zero-order chi connectivity index (χ0) is 22.4. The van der Waals surface area contributed by atoms with E-state index in [2.05, 4.69) is 4.90 Å². The van der Waals surface area contributed by atoms with Gasteiger partial charge in [-0.05, 0) is 50.6 Å². The standard InChI is InChI=1S/C24H21Cl2N3O3/c1-2-27-16-7-4-3-6-14(16)24(23(27)32)20-19(17-8-5-11-28(17)24)21(30)29(22(20)31)18-12-13(25)9-10-15(18)26/h3-4,6-7,9-10,12,17,19-20H,2,5,8,11H2,1H3/t17-,19-,20-,24-/m0/s1. The Morgan fingerprint density at radius 1 is 1.03 bits per heavy atom. The number of amides is 3. The summed E-state index contributed by atoms with van der Waals surface area (Å²) in [7, 11) is 0. The molecule has 0 saturated carbocycles. The summed E-state index contributed by atoms with van der Waals surface area (Å²) in [5.74, 6) is -2.16. The van der Waals surface area contributed by atoms with E-state index in [9.17, 15) is 14.4 Å². The number of carbonyl (C=O) groups is 3. The van der Waals surface area contributed by atoms with Crippen LogP contribution < -0.4 is 9.80 Å². The molecule has 3 saturated heterocycles. The molecular weight excluding hydrogens is 449 g/mol. The lowest BCUT2D eigenvalue weighted by Gasteiger charge is -2.37. The minimum absolute atomic E-state index is 0.110. The molecule has 6 nitrogen and oxygen atoms in total. The minimum Gasteiger partial charge on any atom is -0.310 e. The van der Waals surface area contributed by atoms with Gasteiger partial charge in [-0.2, -0.15) is 0 Å². The number of halogens is 2. The van der Waals surface area contributed by atoms with E-state index in [-0.39, 0.29) is 34.5 Å². The summed E-state index contributed by atoms with van der Waals surface area (Å²) in [6.45, 7) is 3.12. The van der Waals surface area contributed by atoms with E-state index >= 15 is 0 Å². The van der Waals surface area contributed by atoms with Crippen molar-refractivity contribution in [2.75, 3.05) is 22.9 Å². The monoisotopic (exact) mass is 469 g/mol. The fraction of sp³-hybridized carbons (Fsp3) is 0.375. The minimum atomic E-state index is -1.16. The van der Waals surface area contributed by atoms with Crippen molar-refractivity contribution in [3.8, 4) is 0 Å². The van der Waals surface area contributed by atoms with Crippen LogP contribution >= 0.6 is 23.2 Å². The molecule has 4 aliphatic rings. The van der Waals surface area contributed by atoms with Crippen molar-refractivity contribution in [1.82, 2.24) is 4.90 Å². The van der Waals surface area contributed by atoms with E-state index in [1.807, 2.05) is 31.2 Å². The molecule has 4 aliphatic heterocycles. The van der Waals surface area contributed by atoms with Crippen LogP contribution in [0.15, 0.2) is 42.5 Å². The summed E-state index contributed by atoms with van der Waals surface area (Å²) in [5, 5.41) is 0.667. The van der Waals surface area contributed by atoms with Gasteiger partial charge in [0, 0.05) is 28.9 Å². The maximum Gasteiger partial charge on any atom is 0.253 e. The Bertz CT molecular complexity index is 1200. The second kappa shape index (κ2) is 6.80. The third-order valence-electron chi connectivity index (χ3n) is 7.61. The smallest absolute Gasteiger partial charge is 0.253 e. The van der Waals surface area contributed by atoms with E-state index in [0.717, 1.165) is 24.1 Å². The van der Waals surface area contributed by atoms with Gasteiger partial charge in [0.05, 0.1) is 22.5 Å². The van der Waals surface area contributed by atoms with Gasteiger partial charge in [-0.25, -0.2) is 4.90 Å². The van der Waals surface area contributed by atoms with Crippen molar-refractivity contribution in [2.24, 2.45) is 11.8 Å². The van der Waals surface area contributed by atoms with Crippen LogP contribution in [0.2, 0.25) is 10.0 Å². The second-order valence-electron chi connectivity index (χ2n) is 8.85. The molecule has 0 radical (unpaired) electrons. The van der Waals surface area contributed by atoms with Crippen molar-refractivity contribution in [3.05, 3.63) is 58.1 Å². The maximum atomic E-state index is 14.1. The van der Waals surface area contributed by atoms with Crippen molar-refractivity contribution >= 4 is 52.3 Å². The van der Waals surface area contributed by atoms with Crippen molar-refractivity contribution in [3.63, 3.8) is 0 Å². The van der Waals surface area contributed by atoms with Gasteiger partial charge in [-0.15, -0.1) is 0 Å². The average Bonchev–Trinajstić information content (AvgIpc) is 3.48. The molecule has 0 aliphatic carbocycles. The predicted molar refractivity (Wildman–Crippen MR) is 122 cm³/mol. The molecule has 3 amide bonds. The number of rotatable bonds is 2. The highest BCUT2D eigenvalue weighted by molar-refractivity contribution is 6.38. The van der Waals surface area contributed by atoms with Crippen LogP contribution in [0.1, 0.15) is 25.3 Å². The number of benzene rings is 2. The first kappa shape index (κ1) is 20.2. The Hall–Kier alpha value is -2.41. The fourth-order valence-electron chi connectivity index (χ4n) is 6.55. The summed E-state index contributed by atoms with van der Waals surface area (Å²) in [5.41, 5.74) is 0.775. The highest BCUT2D eigenvalue weighted by Gasteiger charge is 2.75. The average molecular weight is 470 g/mol. The van der Waals surface area contributed by atoms with Crippen LogP contribution in [0.5, 0.6) is 0 Å². The molecule has 32 heavy (non-hydrogen) atoms. The maximum absolute atomic E-state index is 14.1. The number of likely N-dealkylation sites (N-methyl/N-ethyl adjacent to an activating group) is 1. The molecule has 4 heterocycles. The first-order valence-electron chi connectivity index (χ1n) is 10.9. The highest BCUT2D eigenvalue weighted by Crippen LogP contribution is 2.62. The molecule has 0 bridgehead atoms. The van der Waals surface area contributed by atoms with Gasteiger partial charge in [0.25, 0.3) is 5.91 Å². The Morgan fingerprint density at radius 2 is 1.81 bits per heavy atom. The molecule has 4 atom stereocenters. The Morgan fingerprint density at radius 3 is 2.59 bits per heavy atom. The van der Waals surface area contributed by atoms with E-state index in [0.29, 0.717) is 18.1 Å². The Labute approximate surface area is 195 Å². The lowest BCUT2D eigenvalue weighted by atomic mass is 9.75. The van der Waals surface area contributed by atoms with Gasteiger partial charge in [0.2, 0.25) is 11.8 Å². The molecule has 6 rings (SSSR count). The summed E-state index contributed by atoms with van der Waals surface area (Å²) >= 11 is 12.6. The SMILES string of the molecule is CCN1C(=O)[C@]2(c3ccccc31)[C@@H]1C(=O)N(c3cc(Cl)ccc3Cl)C(=O)[C@H]1[C@@H]1CCCN12. The summed E-state index contributed by atoms with van der Waals surface area (Å²) in [4.78, 5) is 46.9. The number of nitrogens with zero attached hydrogens (tertiary/aromatic N) is 3. The summed E-state index contributed by atoms with van der Waals surface area (Å²) < 4.78 is 0. The lowest BCUT2D eigenvalue weighted by Crippen LogP contribution is -2.56. The van der Waals surface area contributed by atoms with Crippen LogP contribution in [0.3, 0.4) is 0 Å². The second-order valence-corrected chi connectivity index (χ2v) is 9.69. The highest BCUT2D eigenvalue weighted by atomic mass is 35.5. The van der Waals surface area contributed by atoms with E-state index in [4.69, 9.17) is 23.2 Å². The van der Waals surface area contributed by atoms with Crippen molar-refractivity contribution in [1.29, 1.82) is 0 Å². The molecule has 0 aromatic heterocycles. The first-order valence-corrected chi connectivity index (χ1v) is 11.7.